The number of sulfonamides is 1. The van der Waals surface area contributed by atoms with Crippen molar-refractivity contribution in [2.75, 3.05) is 10.0 Å². The molecule has 32 heavy (non-hydrogen) atoms. The third-order valence-corrected chi connectivity index (χ3v) is 6.88. The Hall–Kier alpha value is -3.13. The highest BCUT2D eigenvalue weighted by Crippen LogP contribution is 2.35. The molecule has 0 saturated heterocycles. The van der Waals surface area contributed by atoms with E-state index >= 15 is 0 Å². The SMILES string of the molecule is CC(=O)Nc1ccc(S(=O)(=O)Nc2ccc(Cl)c(-c3nccc4ccccc34)c2)c(Cl)c1. The number of hydrogen-bond acceptors (Lipinski definition) is 4. The van der Waals surface area contributed by atoms with E-state index < -0.39 is 10.0 Å². The second-order valence-corrected chi connectivity index (χ2v) is 9.47. The molecular formula is C23H17Cl2N3O3S. The Morgan fingerprint density at radius 1 is 0.906 bits per heavy atom. The summed E-state index contributed by atoms with van der Waals surface area (Å²) >= 11 is 12.6. The number of carbonyl (C=O) groups is 1. The zero-order chi connectivity index (χ0) is 22.9. The summed E-state index contributed by atoms with van der Waals surface area (Å²) in [6.07, 6.45) is 1.68. The zero-order valence-corrected chi connectivity index (χ0v) is 19.1. The molecule has 0 aliphatic carbocycles. The Labute approximate surface area is 195 Å². The standard InChI is InChI=1S/C23H17Cl2N3O3S/c1-14(29)27-16-7-9-22(21(25)13-16)32(30,31)28-17-6-8-20(24)19(12-17)23-18-5-3-2-4-15(18)10-11-26-23/h2-13,28H,1H3,(H,27,29). The number of fused-ring (bicyclic) bond motifs is 1. The van der Waals surface area contributed by atoms with Crippen LogP contribution in [0.15, 0.2) is 77.8 Å². The lowest BCUT2D eigenvalue weighted by Crippen LogP contribution is -2.14. The summed E-state index contributed by atoms with van der Waals surface area (Å²) in [6.45, 7) is 1.35. The summed E-state index contributed by atoms with van der Waals surface area (Å²) < 4.78 is 28.5. The maximum atomic E-state index is 13.0. The van der Waals surface area contributed by atoms with Crippen molar-refractivity contribution in [3.63, 3.8) is 0 Å². The van der Waals surface area contributed by atoms with Gasteiger partial charge in [-0.3, -0.25) is 14.5 Å². The lowest BCUT2D eigenvalue weighted by molar-refractivity contribution is -0.114. The van der Waals surface area contributed by atoms with Gasteiger partial charge in [-0.05, 0) is 47.9 Å². The summed E-state index contributed by atoms with van der Waals surface area (Å²) in [5.41, 5.74) is 1.95. The molecule has 4 rings (SSSR count). The van der Waals surface area contributed by atoms with Crippen LogP contribution >= 0.6 is 23.2 Å². The van der Waals surface area contributed by atoms with Crippen LogP contribution in [0.25, 0.3) is 22.0 Å². The molecule has 1 aromatic heterocycles. The van der Waals surface area contributed by atoms with Crippen LogP contribution < -0.4 is 10.0 Å². The van der Waals surface area contributed by atoms with Gasteiger partial charge in [-0.15, -0.1) is 0 Å². The van der Waals surface area contributed by atoms with Crippen LogP contribution in [0.5, 0.6) is 0 Å². The van der Waals surface area contributed by atoms with Gasteiger partial charge >= 0.3 is 0 Å². The lowest BCUT2D eigenvalue weighted by atomic mass is 10.0. The first-order chi connectivity index (χ1) is 15.2. The van der Waals surface area contributed by atoms with Gasteiger partial charge in [0.2, 0.25) is 5.91 Å². The van der Waals surface area contributed by atoms with Crippen LogP contribution in [0.1, 0.15) is 6.92 Å². The number of nitrogens with one attached hydrogen (secondary N) is 2. The molecule has 0 bridgehead atoms. The fourth-order valence-electron chi connectivity index (χ4n) is 3.31. The van der Waals surface area contributed by atoms with Crippen LogP contribution in [0, 0.1) is 0 Å². The number of anilines is 2. The molecule has 1 amide bonds. The van der Waals surface area contributed by atoms with Crippen LogP contribution in [-0.2, 0) is 14.8 Å². The monoisotopic (exact) mass is 485 g/mol. The first kappa shape index (κ1) is 22.1. The normalized spacial score (nSPS) is 11.3. The number of aromatic nitrogens is 1. The molecule has 6 nitrogen and oxygen atoms in total. The predicted molar refractivity (Wildman–Crippen MR) is 129 cm³/mol. The third-order valence-electron chi connectivity index (χ3n) is 4.69. The van der Waals surface area contributed by atoms with Crippen LogP contribution in [0.2, 0.25) is 10.0 Å². The lowest BCUT2D eigenvalue weighted by Gasteiger charge is -2.13. The van der Waals surface area contributed by atoms with Gasteiger partial charge in [0, 0.05) is 35.4 Å². The molecule has 3 aromatic carbocycles. The zero-order valence-electron chi connectivity index (χ0n) is 16.8. The van der Waals surface area contributed by atoms with Gasteiger partial charge in [0.1, 0.15) is 4.90 Å². The van der Waals surface area contributed by atoms with Crippen molar-refractivity contribution in [3.05, 3.63) is 83.0 Å². The average molecular weight is 486 g/mol. The van der Waals surface area contributed by atoms with Crippen molar-refractivity contribution in [2.24, 2.45) is 0 Å². The Morgan fingerprint density at radius 2 is 1.66 bits per heavy atom. The van der Waals surface area contributed by atoms with Crippen LogP contribution in [0.4, 0.5) is 11.4 Å². The predicted octanol–water partition coefficient (Wildman–Crippen LogP) is 5.97. The molecule has 162 valence electrons. The minimum Gasteiger partial charge on any atom is -0.326 e. The molecule has 9 heteroatoms. The largest absolute Gasteiger partial charge is 0.326 e. The fourth-order valence-corrected chi connectivity index (χ4v) is 5.12. The third kappa shape index (κ3) is 4.55. The van der Waals surface area contributed by atoms with Gasteiger partial charge in [-0.2, -0.15) is 0 Å². The Balaban J connectivity index is 1.71. The van der Waals surface area contributed by atoms with Crippen molar-refractivity contribution in [1.82, 2.24) is 4.98 Å². The smallest absolute Gasteiger partial charge is 0.263 e. The first-order valence-electron chi connectivity index (χ1n) is 9.48. The van der Waals surface area contributed by atoms with E-state index in [9.17, 15) is 13.2 Å². The molecule has 0 aliphatic heterocycles. The van der Waals surface area contributed by atoms with E-state index in [1.54, 1.807) is 24.4 Å². The quantitative estimate of drug-likeness (QED) is 0.364. The van der Waals surface area contributed by atoms with E-state index in [1.165, 1.54) is 25.1 Å². The highest BCUT2D eigenvalue weighted by atomic mass is 35.5. The number of nitrogens with zero attached hydrogens (tertiary/aromatic N) is 1. The van der Waals surface area contributed by atoms with Crippen LogP contribution in [0.3, 0.4) is 0 Å². The van der Waals surface area contributed by atoms with E-state index in [1.807, 2.05) is 30.3 Å². The van der Waals surface area contributed by atoms with E-state index in [0.717, 1.165) is 10.8 Å². The summed E-state index contributed by atoms with van der Waals surface area (Å²) in [5.74, 6) is -0.287. The summed E-state index contributed by atoms with van der Waals surface area (Å²) in [7, 11) is -4.00. The number of hydrogen-bond donors (Lipinski definition) is 2. The topological polar surface area (TPSA) is 88.2 Å². The van der Waals surface area contributed by atoms with Gasteiger partial charge in [-0.1, -0.05) is 47.5 Å². The van der Waals surface area contributed by atoms with Crippen molar-refractivity contribution in [3.8, 4) is 11.3 Å². The molecule has 0 spiro atoms. The first-order valence-corrected chi connectivity index (χ1v) is 11.7. The van der Waals surface area contributed by atoms with Gasteiger partial charge in [0.15, 0.2) is 0 Å². The summed E-state index contributed by atoms with van der Waals surface area (Å²) in [6, 6.07) is 18.6. The molecule has 0 atom stereocenters. The number of halogens is 2. The van der Waals surface area contributed by atoms with E-state index in [2.05, 4.69) is 15.0 Å². The number of amides is 1. The minimum absolute atomic E-state index is 0.0198. The maximum Gasteiger partial charge on any atom is 0.263 e. The highest BCUT2D eigenvalue weighted by Gasteiger charge is 2.20. The Bertz CT molecular complexity index is 1450. The summed E-state index contributed by atoms with van der Waals surface area (Å²) in [5, 5.41) is 4.87. The second kappa shape index (κ2) is 8.78. The van der Waals surface area contributed by atoms with Crippen molar-refractivity contribution in [2.45, 2.75) is 11.8 Å². The molecule has 4 aromatic rings. The number of benzene rings is 3. The molecular weight excluding hydrogens is 469 g/mol. The van der Waals surface area contributed by atoms with Crippen LogP contribution in [-0.4, -0.2) is 19.3 Å². The van der Waals surface area contributed by atoms with E-state index in [4.69, 9.17) is 23.2 Å². The molecule has 0 unspecified atom stereocenters. The van der Waals surface area contributed by atoms with E-state index in [-0.39, 0.29) is 15.8 Å². The maximum absolute atomic E-state index is 13.0. The van der Waals surface area contributed by atoms with Crippen molar-refractivity contribution in [1.29, 1.82) is 0 Å². The highest BCUT2D eigenvalue weighted by molar-refractivity contribution is 7.92. The van der Waals surface area contributed by atoms with E-state index in [0.29, 0.717) is 27.7 Å². The summed E-state index contributed by atoms with van der Waals surface area (Å²) in [4.78, 5) is 15.6. The molecule has 1 heterocycles. The molecule has 2 N–H and O–H groups in total. The minimum atomic E-state index is -4.00. The van der Waals surface area contributed by atoms with Gasteiger partial charge < -0.3 is 5.32 Å². The molecule has 0 saturated carbocycles. The van der Waals surface area contributed by atoms with Gasteiger partial charge in [0.25, 0.3) is 10.0 Å². The van der Waals surface area contributed by atoms with Crippen molar-refractivity contribution >= 4 is 61.3 Å². The number of rotatable bonds is 5. The van der Waals surface area contributed by atoms with Gasteiger partial charge in [-0.25, -0.2) is 8.42 Å². The Kier molecular flexibility index (Phi) is 6.06. The van der Waals surface area contributed by atoms with Gasteiger partial charge in [0.05, 0.1) is 15.7 Å². The number of pyridine rings is 1. The molecule has 0 aliphatic rings. The second-order valence-electron chi connectivity index (χ2n) is 7.01. The molecule has 0 fully saturated rings. The molecule has 0 radical (unpaired) electrons. The average Bonchev–Trinajstić information content (AvgIpc) is 2.74. The number of carbonyl (C=O) groups excluding carboxylic acids is 1. The van der Waals surface area contributed by atoms with Crippen molar-refractivity contribution < 1.29 is 13.2 Å². The Morgan fingerprint density at radius 3 is 2.41 bits per heavy atom. The fraction of sp³-hybridized carbons (Fsp3) is 0.0435.